The van der Waals surface area contributed by atoms with E-state index in [4.69, 9.17) is 5.73 Å². The van der Waals surface area contributed by atoms with Gasteiger partial charge in [0.1, 0.15) is 0 Å². The van der Waals surface area contributed by atoms with E-state index in [1.807, 2.05) is 0 Å². The lowest BCUT2D eigenvalue weighted by molar-refractivity contribution is -0.295. The zero-order chi connectivity index (χ0) is 22.6. The molecule has 0 saturated heterocycles. The number of nitrogens with two attached hydrogens (primary N) is 1. The number of hydrogen-bond acceptors (Lipinski definition) is 5. The molecule has 0 radical (unpaired) electrons. The molecule has 3 aromatic rings. The van der Waals surface area contributed by atoms with Crippen LogP contribution in [-0.4, -0.2) is 36.9 Å². The Morgan fingerprint density at radius 3 is 2.30 bits per heavy atom. The minimum atomic E-state index is -5.22. The number of imidazole rings is 1. The van der Waals surface area contributed by atoms with Gasteiger partial charge in [-0.2, -0.15) is 26.3 Å². The molecule has 0 aliphatic rings. The molecule has 0 aliphatic carbocycles. The maximum atomic E-state index is 13.5. The van der Waals surface area contributed by atoms with Crippen molar-refractivity contribution in [2.24, 2.45) is 0 Å². The first-order valence-corrected chi connectivity index (χ1v) is 8.47. The molecule has 162 valence electrons. The number of rotatable bonds is 3. The van der Waals surface area contributed by atoms with Gasteiger partial charge in [0.05, 0.1) is 18.0 Å². The average Bonchev–Trinajstić information content (AvgIpc) is 3.04. The molecular formula is C18H16F6N4O2. The standard InChI is InChI=1S/C18H16F6N4O2/c1-8-3-4-10(16(30,9(2)29)18(22,23)24)5-11(8)12-6-26-15-14(25)27-13(7-28(12)15)17(19,20)21/h3-7,9,29-30H,1-2H3,(H2,25,27). The lowest BCUT2D eigenvalue weighted by Crippen LogP contribution is -2.50. The number of aryl methyl sites for hydroxylation is 1. The predicted molar refractivity (Wildman–Crippen MR) is 94.2 cm³/mol. The van der Waals surface area contributed by atoms with E-state index in [2.05, 4.69) is 9.97 Å². The third-order valence-corrected chi connectivity index (χ3v) is 4.80. The van der Waals surface area contributed by atoms with Gasteiger partial charge in [-0.1, -0.05) is 12.1 Å². The lowest BCUT2D eigenvalue weighted by atomic mass is 9.86. The van der Waals surface area contributed by atoms with Gasteiger partial charge in [0, 0.05) is 11.8 Å². The summed E-state index contributed by atoms with van der Waals surface area (Å²) >= 11 is 0. The number of halogens is 6. The van der Waals surface area contributed by atoms with Gasteiger partial charge in [0.25, 0.3) is 0 Å². The fourth-order valence-electron chi connectivity index (χ4n) is 3.12. The van der Waals surface area contributed by atoms with Gasteiger partial charge in [-0.25, -0.2) is 9.97 Å². The van der Waals surface area contributed by atoms with Crippen LogP contribution in [0.4, 0.5) is 32.2 Å². The van der Waals surface area contributed by atoms with Gasteiger partial charge in [-0.05, 0) is 31.0 Å². The molecule has 0 bridgehead atoms. The van der Waals surface area contributed by atoms with Crippen LogP contribution in [0.2, 0.25) is 0 Å². The molecule has 3 rings (SSSR count). The summed E-state index contributed by atoms with van der Waals surface area (Å²) in [7, 11) is 0. The quantitative estimate of drug-likeness (QED) is 0.549. The Labute approximate surface area is 165 Å². The topological polar surface area (TPSA) is 96.7 Å². The summed E-state index contributed by atoms with van der Waals surface area (Å²) in [5.41, 5.74) is 0.307. The summed E-state index contributed by atoms with van der Waals surface area (Å²) in [6, 6.07) is 3.18. The summed E-state index contributed by atoms with van der Waals surface area (Å²) < 4.78 is 80.9. The first-order valence-electron chi connectivity index (χ1n) is 8.47. The summed E-state index contributed by atoms with van der Waals surface area (Å²) in [6.45, 7) is 2.30. The number of aromatic nitrogens is 3. The minimum Gasteiger partial charge on any atom is -0.390 e. The smallest absolute Gasteiger partial charge is 0.390 e. The molecule has 2 aromatic heterocycles. The molecule has 2 atom stereocenters. The Kier molecular flexibility index (Phi) is 4.98. The second kappa shape index (κ2) is 6.84. The summed E-state index contributed by atoms with van der Waals surface area (Å²) in [6.07, 6.45) is -10.5. The molecule has 2 heterocycles. The van der Waals surface area contributed by atoms with E-state index in [0.29, 0.717) is 11.8 Å². The number of aliphatic hydroxyl groups excluding tert-OH is 1. The van der Waals surface area contributed by atoms with Gasteiger partial charge >= 0.3 is 12.4 Å². The molecule has 0 saturated carbocycles. The van der Waals surface area contributed by atoms with Gasteiger partial charge in [0.15, 0.2) is 17.2 Å². The molecule has 12 heteroatoms. The van der Waals surface area contributed by atoms with Crippen LogP contribution in [-0.2, 0) is 11.8 Å². The molecule has 0 fully saturated rings. The van der Waals surface area contributed by atoms with Crippen LogP contribution >= 0.6 is 0 Å². The Hall–Kier alpha value is -2.86. The van der Waals surface area contributed by atoms with Crippen LogP contribution in [0.1, 0.15) is 23.7 Å². The molecular weight excluding hydrogens is 418 g/mol. The number of benzene rings is 1. The van der Waals surface area contributed by atoms with Crippen molar-refractivity contribution < 1.29 is 36.6 Å². The van der Waals surface area contributed by atoms with Gasteiger partial charge in [0.2, 0.25) is 5.60 Å². The first kappa shape index (κ1) is 21.8. The van der Waals surface area contributed by atoms with E-state index >= 15 is 0 Å². The van der Waals surface area contributed by atoms with Crippen molar-refractivity contribution in [3.05, 3.63) is 47.4 Å². The van der Waals surface area contributed by atoms with E-state index in [-0.39, 0.29) is 16.9 Å². The number of anilines is 1. The van der Waals surface area contributed by atoms with E-state index in [1.54, 1.807) is 0 Å². The summed E-state index contributed by atoms with van der Waals surface area (Å²) in [4.78, 5) is 7.17. The Morgan fingerprint density at radius 1 is 1.13 bits per heavy atom. The molecule has 0 spiro atoms. The van der Waals surface area contributed by atoms with Crippen molar-refractivity contribution in [3.8, 4) is 11.3 Å². The van der Waals surface area contributed by atoms with Crippen molar-refractivity contribution in [1.29, 1.82) is 0 Å². The third-order valence-electron chi connectivity index (χ3n) is 4.80. The van der Waals surface area contributed by atoms with Crippen LogP contribution in [0.25, 0.3) is 16.9 Å². The number of nitrogens with zero attached hydrogens (tertiary/aromatic N) is 3. The third kappa shape index (κ3) is 3.35. The van der Waals surface area contributed by atoms with Crippen molar-refractivity contribution in [2.75, 3.05) is 5.73 Å². The van der Waals surface area contributed by atoms with E-state index in [9.17, 15) is 36.6 Å². The van der Waals surface area contributed by atoms with E-state index < -0.39 is 41.1 Å². The predicted octanol–water partition coefficient (Wildman–Crippen LogP) is 3.44. The number of alkyl halides is 6. The van der Waals surface area contributed by atoms with Crippen LogP contribution in [0.15, 0.2) is 30.6 Å². The highest BCUT2D eigenvalue weighted by Crippen LogP contribution is 2.43. The summed E-state index contributed by atoms with van der Waals surface area (Å²) in [5, 5.41) is 19.9. The second-order valence-corrected chi connectivity index (χ2v) is 6.82. The fraction of sp³-hybridized carbons (Fsp3) is 0.333. The second-order valence-electron chi connectivity index (χ2n) is 6.82. The van der Waals surface area contributed by atoms with Gasteiger partial charge < -0.3 is 15.9 Å². The molecule has 2 unspecified atom stereocenters. The van der Waals surface area contributed by atoms with Crippen molar-refractivity contribution in [2.45, 2.75) is 37.9 Å². The van der Waals surface area contributed by atoms with Crippen molar-refractivity contribution in [3.63, 3.8) is 0 Å². The highest BCUT2D eigenvalue weighted by molar-refractivity contribution is 5.72. The highest BCUT2D eigenvalue weighted by atomic mass is 19.4. The molecule has 1 aromatic carbocycles. The maximum Gasteiger partial charge on any atom is 0.434 e. The maximum absolute atomic E-state index is 13.5. The Bertz CT molecular complexity index is 1110. The average molecular weight is 434 g/mol. The van der Waals surface area contributed by atoms with Crippen molar-refractivity contribution >= 4 is 11.5 Å². The lowest BCUT2D eigenvalue weighted by Gasteiger charge is -2.33. The van der Waals surface area contributed by atoms with Crippen LogP contribution in [0, 0.1) is 6.92 Å². The first-order chi connectivity index (χ1) is 13.7. The number of aliphatic hydroxyl groups is 2. The monoisotopic (exact) mass is 434 g/mol. The Balaban J connectivity index is 2.29. The number of fused-ring (bicyclic) bond motifs is 1. The fourth-order valence-corrected chi connectivity index (χ4v) is 3.12. The van der Waals surface area contributed by atoms with Crippen LogP contribution < -0.4 is 5.73 Å². The summed E-state index contributed by atoms with van der Waals surface area (Å²) in [5.74, 6) is -0.513. The molecule has 6 nitrogen and oxygen atoms in total. The zero-order valence-corrected chi connectivity index (χ0v) is 15.5. The molecule has 0 aliphatic heterocycles. The largest absolute Gasteiger partial charge is 0.434 e. The van der Waals surface area contributed by atoms with Crippen LogP contribution in [0.3, 0.4) is 0 Å². The highest BCUT2D eigenvalue weighted by Gasteiger charge is 2.58. The van der Waals surface area contributed by atoms with Gasteiger partial charge in [-0.3, -0.25) is 4.40 Å². The zero-order valence-electron chi connectivity index (χ0n) is 15.5. The normalized spacial score (nSPS) is 15.9. The Morgan fingerprint density at radius 2 is 1.77 bits per heavy atom. The number of nitrogen functional groups attached to an aromatic ring is 1. The molecule has 4 N–H and O–H groups in total. The number of hydrogen-bond donors (Lipinski definition) is 3. The van der Waals surface area contributed by atoms with Crippen molar-refractivity contribution in [1.82, 2.24) is 14.4 Å². The van der Waals surface area contributed by atoms with E-state index in [0.717, 1.165) is 29.7 Å². The van der Waals surface area contributed by atoms with Gasteiger partial charge in [-0.15, -0.1) is 0 Å². The molecule has 30 heavy (non-hydrogen) atoms. The minimum absolute atomic E-state index is 0.000864. The molecule has 0 amide bonds. The SMILES string of the molecule is Cc1ccc(C(O)(C(C)O)C(F)(F)F)cc1-c1cnc2c(N)nc(C(F)(F)F)cn12. The van der Waals surface area contributed by atoms with E-state index in [1.165, 1.54) is 13.0 Å². The van der Waals surface area contributed by atoms with Crippen LogP contribution in [0.5, 0.6) is 0 Å².